The van der Waals surface area contributed by atoms with Crippen LogP contribution in [0.3, 0.4) is 0 Å². The molecule has 29 heavy (non-hydrogen) atoms. The second-order valence-electron chi connectivity index (χ2n) is 7.18. The molecule has 0 saturated carbocycles. The molecule has 1 unspecified atom stereocenters. The number of aromatic nitrogens is 2. The number of rotatable bonds is 5. The van der Waals surface area contributed by atoms with Gasteiger partial charge in [0.1, 0.15) is 5.82 Å². The number of carbonyl (C=O) groups excluding carboxylic acids is 2. The molecule has 2 aromatic carbocycles. The minimum Gasteiger partial charge on any atom is -0.344 e. The largest absolute Gasteiger partial charge is 0.344 e. The first kappa shape index (κ1) is 18.9. The van der Waals surface area contributed by atoms with Gasteiger partial charge in [-0.25, -0.2) is 4.68 Å². The van der Waals surface area contributed by atoms with Gasteiger partial charge in [-0.05, 0) is 42.5 Å². The first-order valence-electron chi connectivity index (χ1n) is 9.99. The van der Waals surface area contributed by atoms with Crippen molar-refractivity contribution in [3.63, 3.8) is 0 Å². The van der Waals surface area contributed by atoms with E-state index >= 15 is 0 Å². The van der Waals surface area contributed by atoms with Crippen LogP contribution in [0.25, 0.3) is 5.69 Å². The van der Waals surface area contributed by atoms with E-state index in [4.69, 9.17) is 0 Å². The van der Waals surface area contributed by atoms with Crippen LogP contribution in [-0.2, 0) is 11.2 Å². The fourth-order valence-corrected chi connectivity index (χ4v) is 3.71. The SMILES string of the molecule is CCC(=O)Nc1cc(C(=O)NC2CCCc3ccccc32)nn1-c1ccccc1. The number of carbonyl (C=O) groups is 2. The van der Waals surface area contributed by atoms with Gasteiger partial charge in [-0.3, -0.25) is 9.59 Å². The maximum absolute atomic E-state index is 13.0. The third-order valence-electron chi connectivity index (χ3n) is 5.21. The Hall–Kier alpha value is -3.41. The predicted molar refractivity (Wildman–Crippen MR) is 112 cm³/mol. The summed E-state index contributed by atoms with van der Waals surface area (Å²) in [5.41, 5.74) is 3.52. The molecule has 0 bridgehead atoms. The molecule has 0 spiro atoms. The molecule has 0 radical (unpaired) electrons. The maximum atomic E-state index is 13.0. The van der Waals surface area contributed by atoms with Gasteiger partial charge >= 0.3 is 0 Å². The molecule has 1 aromatic heterocycles. The lowest BCUT2D eigenvalue weighted by molar-refractivity contribution is -0.115. The highest BCUT2D eigenvalue weighted by Crippen LogP contribution is 2.29. The summed E-state index contributed by atoms with van der Waals surface area (Å²) >= 11 is 0. The van der Waals surface area contributed by atoms with Crippen LogP contribution in [0, 0.1) is 0 Å². The summed E-state index contributed by atoms with van der Waals surface area (Å²) < 4.78 is 1.59. The highest BCUT2D eigenvalue weighted by Gasteiger charge is 2.24. The van der Waals surface area contributed by atoms with Crippen molar-refractivity contribution in [3.8, 4) is 5.69 Å². The van der Waals surface area contributed by atoms with Crippen molar-refractivity contribution in [1.82, 2.24) is 15.1 Å². The molecule has 4 rings (SSSR count). The maximum Gasteiger partial charge on any atom is 0.272 e. The van der Waals surface area contributed by atoms with E-state index < -0.39 is 0 Å². The Bertz CT molecular complexity index is 1030. The average Bonchev–Trinajstić information content (AvgIpc) is 3.18. The molecular weight excluding hydrogens is 364 g/mol. The first-order chi connectivity index (χ1) is 14.2. The van der Waals surface area contributed by atoms with Crippen molar-refractivity contribution in [2.24, 2.45) is 0 Å². The van der Waals surface area contributed by atoms with Crippen LogP contribution in [0.4, 0.5) is 5.82 Å². The van der Waals surface area contributed by atoms with Crippen molar-refractivity contribution in [3.05, 3.63) is 77.5 Å². The second kappa shape index (κ2) is 8.31. The number of amides is 2. The van der Waals surface area contributed by atoms with E-state index in [2.05, 4.69) is 27.9 Å². The van der Waals surface area contributed by atoms with Crippen molar-refractivity contribution in [2.75, 3.05) is 5.32 Å². The Morgan fingerprint density at radius 2 is 1.86 bits per heavy atom. The van der Waals surface area contributed by atoms with E-state index in [1.165, 1.54) is 11.1 Å². The topological polar surface area (TPSA) is 76.0 Å². The fourth-order valence-electron chi connectivity index (χ4n) is 3.71. The number of aryl methyl sites for hydroxylation is 1. The van der Waals surface area contributed by atoms with Gasteiger partial charge in [-0.15, -0.1) is 0 Å². The van der Waals surface area contributed by atoms with Crippen LogP contribution in [-0.4, -0.2) is 21.6 Å². The number of para-hydroxylation sites is 1. The van der Waals surface area contributed by atoms with E-state index in [1.54, 1.807) is 17.7 Å². The Morgan fingerprint density at radius 1 is 1.10 bits per heavy atom. The van der Waals surface area contributed by atoms with Gasteiger partial charge in [0, 0.05) is 12.5 Å². The zero-order chi connectivity index (χ0) is 20.2. The third kappa shape index (κ3) is 4.06. The van der Waals surface area contributed by atoms with Crippen LogP contribution in [0.2, 0.25) is 0 Å². The molecule has 1 atom stereocenters. The molecular formula is C23H24N4O2. The number of nitrogens with one attached hydrogen (secondary N) is 2. The van der Waals surface area contributed by atoms with Gasteiger partial charge in [0.2, 0.25) is 5.91 Å². The van der Waals surface area contributed by atoms with E-state index in [0.29, 0.717) is 12.2 Å². The van der Waals surface area contributed by atoms with Crippen molar-refractivity contribution >= 4 is 17.6 Å². The lowest BCUT2D eigenvalue weighted by Crippen LogP contribution is -2.31. The summed E-state index contributed by atoms with van der Waals surface area (Å²) in [5.74, 6) is 0.112. The number of hydrogen-bond acceptors (Lipinski definition) is 3. The zero-order valence-corrected chi connectivity index (χ0v) is 16.4. The molecule has 3 aromatic rings. The molecule has 148 valence electrons. The quantitative estimate of drug-likeness (QED) is 0.693. The summed E-state index contributed by atoms with van der Waals surface area (Å²) in [6, 6.07) is 19.3. The molecule has 6 nitrogen and oxygen atoms in total. The molecule has 0 saturated heterocycles. The van der Waals surface area contributed by atoms with Gasteiger partial charge in [-0.1, -0.05) is 49.4 Å². The van der Waals surface area contributed by atoms with E-state index in [9.17, 15) is 9.59 Å². The Labute approximate surface area is 169 Å². The lowest BCUT2D eigenvalue weighted by atomic mass is 9.88. The average molecular weight is 388 g/mol. The van der Waals surface area contributed by atoms with Gasteiger partial charge < -0.3 is 10.6 Å². The second-order valence-corrected chi connectivity index (χ2v) is 7.18. The molecule has 1 aliphatic rings. The Balaban J connectivity index is 1.61. The zero-order valence-electron chi connectivity index (χ0n) is 16.4. The number of nitrogens with zero attached hydrogens (tertiary/aromatic N) is 2. The van der Waals surface area contributed by atoms with Gasteiger partial charge in [0.15, 0.2) is 5.69 Å². The van der Waals surface area contributed by atoms with E-state index in [1.807, 2.05) is 42.5 Å². The molecule has 2 amide bonds. The highest BCUT2D eigenvalue weighted by atomic mass is 16.2. The summed E-state index contributed by atoms with van der Waals surface area (Å²) in [4.78, 5) is 24.9. The van der Waals surface area contributed by atoms with Crippen molar-refractivity contribution in [1.29, 1.82) is 0 Å². The summed E-state index contributed by atoms with van der Waals surface area (Å²) in [6.07, 6.45) is 3.33. The summed E-state index contributed by atoms with van der Waals surface area (Å²) in [7, 11) is 0. The smallest absolute Gasteiger partial charge is 0.272 e. The van der Waals surface area contributed by atoms with E-state index in [0.717, 1.165) is 24.9 Å². The molecule has 1 heterocycles. The number of anilines is 1. The minimum atomic E-state index is -0.242. The van der Waals surface area contributed by atoms with E-state index in [-0.39, 0.29) is 23.6 Å². The summed E-state index contributed by atoms with van der Waals surface area (Å²) in [6.45, 7) is 1.78. The van der Waals surface area contributed by atoms with Crippen LogP contribution < -0.4 is 10.6 Å². The Morgan fingerprint density at radius 3 is 2.66 bits per heavy atom. The molecule has 2 N–H and O–H groups in total. The normalized spacial score (nSPS) is 15.4. The van der Waals surface area contributed by atoms with Crippen molar-refractivity contribution < 1.29 is 9.59 Å². The van der Waals surface area contributed by atoms with Crippen LogP contribution in [0.15, 0.2) is 60.7 Å². The molecule has 1 aliphatic carbocycles. The van der Waals surface area contributed by atoms with Crippen LogP contribution in [0.1, 0.15) is 53.8 Å². The van der Waals surface area contributed by atoms with Crippen molar-refractivity contribution in [2.45, 2.75) is 38.6 Å². The molecule has 0 fully saturated rings. The minimum absolute atomic E-state index is 0.0250. The monoisotopic (exact) mass is 388 g/mol. The first-order valence-corrected chi connectivity index (χ1v) is 9.99. The number of benzene rings is 2. The fraction of sp³-hybridized carbons (Fsp3) is 0.261. The van der Waals surface area contributed by atoms with Gasteiger partial charge in [-0.2, -0.15) is 5.10 Å². The van der Waals surface area contributed by atoms with Crippen LogP contribution >= 0.6 is 0 Å². The number of fused-ring (bicyclic) bond motifs is 1. The standard InChI is InChI=1S/C23H24N4O2/c1-2-22(28)25-21-15-20(26-27(21)17-11-4-3-5-12-17)23(29)24-19-14-8-10-16-9-6-7-13-18(16)19/h3-7,9,11-13,15,19H,2,8,10,14H2,1H3,(H,24,29)(H,25,28). The Kier molecular flexibility index (Phi) is 5.42. The predicted octanol–water partition coefficient (Wildman–Crippen LogP) is 4.03. The molecule has 0 aliphatic heterocycles. The highest BCUT2D eigenvalue weighted by molar-refractivity contribution is 5.96. The van der Waals surface area contributed by atoms with Crippen LogP contribution in [0.5, 0.6) is 0 Å². The van der Waals surface area contributed by atoms with Gasteiger partial charge in [0.05, 0.1) is 11.7 Å². The number of hydrogen-bond donors (Lipinski definition) is 2. The van der Waals surface area contributed by atoms with Gasteiger partial charge in [0.25, 0.3) is 5.91 Å². The summed E-state index contributed by atoms with van der Waals surface area (Å²) in [5, 5.41) is 10.4. The third-order valence-corrected chi connectivity index (χ3v) is 5.21. The lowest BCUT2D eigenvalue weighted by Gasteiger charge is -2.26. The molecule has 6 heteroatoms.